The average Bonchev–Trinajstić information content (AvgIpc) is 3.16. The van der Waals surface area contributed by atoms with Crippen molar-refractivity contribution >= 4 is 22.8 Å². The number of H-pyrrole nitrogens is 1. The van der Waals surface area contributed by atoms with Crippen molar-refractivity contribution < 1.29 is 4.79 Å². The fourth-order valence-electron chi connectivity index (χ4n) is 4.09. The molecule has 0 spiro atoms. The Morgan fingerprint density at radius 3 is 2.68 bits per heavy atom. The molecule has 10 nitrogen and oxygen atoms in total. The molecule has 28 heavy (non-hydrogen) atoms. The summed E-state index contributed by atoms with van der Waals surface area (Å²) in [6.45, 7) is 5.44. The van der Waals surface area contributed by atoms with Gasteiger partial charge >= 0.3 is 5.69 Å². The number of aromatic nitrogens is 5. The molecule has 1 aliphatic rings. The van der Waals surface area contributed by atoms with Gasteiger partial charge < -0.3 is 15.2 Å². The number of nitrogens with two attached hydrogens (primary N) is 1. The van der Waals surface area contributed by atoms with Gasteiger partial charge in [-0.3, -0.25) is 23.5 Å². The van der Waals surface area contributed by atoms with Crippen LogP contribution in [0.1, 0.15) is 25.0 Å². The molecule has 1 aliphatic heterocycles. The van der Waals surface area contributed by atoms with Gasteiger partial charge in [-0.25, -0.2) is 4.79 Å². The lowest BCUT2D eigenvalue weighted by molar-refractivity contribution is -0.123. The molecule has 4 rings (SSSR count). The molecule has 10 heteroatoms. The van der Waals surface area contributed by atoms with Gasteiger partial charge in [-0.15, -0.1) is 0 Å². The quantitative estimate of drug-likeness (QED) is 0.615. The van der Waals surface area contributed by atoms with Gasteiger partial charge in [0.2, 0.25) is 11.7 Å². The maximum Gasteiger partial charge on any atom is 0.329 e. The molecule has 3 aromatic rings. The second-order valence-electron chi connectivity index (χ2n) is 7.57. The third-order valence-electron chi connectivity index (χ3n) is 5.76. The first-order valence-corrected chi connectivity index (χ1v) is 9.55. The number of fused-ring (bicyclic) bond motifs is 3. The second kappa shape index (κ2) is 6.93. The molecule has 0 radical (unpaired) electrons. The first kappa shape index (κ1) is 18.5. The van der Waals surface area contributed by atoms with Crippen molar-refractivity contribution in [2.24, 2.45) is 18.7 Å². The van der Waals surface area contributed by atoms with Crippen LogP contribution in [0, 0.1) is 12.8 Å². The van der Waals surface area contributed by atoms with E-state index in [1.54, 1.807) is 11.4 Å². The number of hydrogen-bond acceptors (Lipinski definition) is 5. The maximum atomic E-state index is 12.3. The minimum absolute atomic E-state index is 0.00431. The van der Waals surface area contributed by atoms with Gasteiger partial charge in [-0.2, -0.15) is 4.98 Å². The number of carbonyl (C=O) groups excluding carboxylic acids is 1. The number of hydrogen-bond donors (Lipinski definition) is 2. The lowest BCUT2D eigenvalue weighted by Gasteiger charge is -2.30. The Balaban J connectivity index is 1.52. The number of rotatable bonds is 5. The summed E-state index contributed by atoms with van der Waals surface area (Å²) >= 11 is 0. The zero-order chi connectivity index (χ0) is 20.0. The van der Waals surface area contributed by atoms with Gasteiger partial charge in [0, 0.05) is 31.4 Å². The first-order valence-electron chi connectivity index (χ1n) is 9.55. The number of likely N-dealkylation sites (tertiary alicyclic amines) is 1. The van der Waals surface area contributed by atoms with Crippen molar-refractivity contribution in [1.29, 1.82) is 0 Å². The van der Waals surface area contributed by atoms with Crippen molar-refractivity contribution in [2.45, 2.75) is 32.7 Å². The van der Waals surface area contributed by atoms with Crippen LogP contribution in [0.4, 0.5) is 0 Å². The van der Waals surface area contributed by atoms with Gasteiger partial charge in [0.05, 0.1) is 0 Å². The largest absolute Gasteiger partial charge is 0.369 e. The fraction of sp³-hybridized carbons (Fsp3) is 0.556. The molecule has 150 valence electrons. The zero-order valence-corrected chi connectivity index (χ0v) is 16.1. The lowest BCUT2D eigenvalue weighted by Crippen LogP contribution is -2.39. The average molecular weight is 387 g/mol. The fourth-order valence-corrected chi connectivity index (χ4v) is 4.09. The minimum Gasteiger partial charge on any atom is -0.369 e. The Bertz CT molecular complexity index is 1160. The lowest BCUT2D eigenvalue weighted by atomic mass is 9.96. The number of aryl methyl sites for hydroxylation is 3. The van der Waals surface area contributed by atoms with E-state index in [1.165, 1.54) is 4.57 Å². The molecule has 3 N–H and O–H groups in total. The summed E-state index contributed by atoms with van der Waals surface area (Å²) in [5.41, 5.74) is 6.26. The van der Waals surface area contributed by atoms with Gasteiger partial charge in [0.15, 0.2) is 11.2 Å². The summed E-state index contributed by atoms with van der Waals surface area (Å²) in [4.78, 5) is 44.6. The minimum atomic E-state index is -0.471. The number of piperidine rings is 1. The van der Waals surface area contributed by atoms with Crippen LogP contribution >= 0.6 is 0 Å². The highest BCUT2D eigenvalue weighted by atomic mass is 16.2. The summed E-state index contributed by atoms with van der Waals surface area (Å²) in [6, 6.07) is 0. The SMILES string of the molecule is Cc1cn2c3c(=O)[nH]c(=O)n(C)c3nc2n1CCCN1CCC(C(N)=O)CC1. The van der Waals surface area contributed by atoms with Gasteiger partial charge in [0.1, 0.15) is 0 Å². The van der Waals surface area contributed by atoms with Crippen molar-refractivity contribution in [3.63, 3.8) is 0 Å². The summed E-state index contributed by atoms with van der Waals surface area (Å²) in [6.07, 6.45) is 4.45. The highest BCUT2D eigenvalue weighted by Gasteiger charge is 2.23. The van der Waals surface area contributed by atoms with E-state index in [9.17, 15) is 14.4 Å². The predicted octanol–water partition coefficient (Wildman–Crippen LogP) is -0.428. The number of nitrogens with zero attached hydrogens (tertiary/aromatic N) is 5. The molecule has 0 aliphatic carbocycles. The van der Waals surface area contributed by atoms with Gasteiger partial charge in [0.25, 0.3) is 5.56 Å². The molecule has 0 unspecified atom stereocenters. The molecule has 0 bridgehead atoms. The molecule has 0 atom stereocenters. The van der Waals surface area contributed by atoms with E-state index >= 15 is 0 Å². The number of carbonyl (C=O) groups is 1. The number of primary amides is 1. The first-order chi connectivity index (χ1) is 13.4. The van der Waals surface area contributed by atoms with E-state index in [4.69, 9.17) is 5.73 Å². The predicted molar refractivity (Wildman–Crippen MR) is 104 cm³/mol. The van der Waals surface area contributed by atoms with Crippen LogP contribution in [-0.4, -0.2) is 53.9 Å². The molecule has 1 fully saturated rings. The third kappa shape index (κ3) is 3.03. The highest BCUT2D eigenvalue weighted by molar-refractivity contribution is 5.76. The van der Waals surface area contributed by atoms with Crippen molar-refractivity contribution in [2.75, 3.05) is 19.6 Å². The molecule has 4 heterocycles. The zero-order valence-electron chi connectivity index (χ0n) is 16.1. The van der Waals surface area contributed by atoms with Crippen LogP contribution in [0.2, 0.25) is 0 Å². The second-order valence-corrected chi connectivity index (χ2v) is 7.57. The van der Waals surface area contributed by atoms with E-state index in [0.717, 1.165) is 51.1 Å². The van der Waals surface area contributed by atoms with E-state index in [2.05, 4.69) is 19.4 Å². The van der Waals surface area contributed by atoms with Crippen LogP contribution in [0.5, 0.6) is 0 Å². The third-order valence-corrected chi connectivity index (χ3v) is 5.76. The van der Waals surface area contributed by atoms with Crippen molar-refractivity contribution in [1.82, 2.24) is 28.4 Å². The van der Waals surface area contributed by atoms with E-state index < -0.39 is 11.2 Å². The molecule has 1 amide bonds. The highest BCUT2D eigenvalue weighted by Crippen LogP contribution is 2.18. The van der Waals surface area contributed by atoms with Crippen molar-refractivity contribution in [3.8, 4) is 0 Å². The monoisotopic (exact) mass is 387 g/mol. The number of nitrogens with one attached hydrogen (secondary N) is 1. The number of imidazole rings is 2. The topological polar surface area (TPSA) is 123 Å². The Morgan fingerprint density at radius 1 is 1.29 bits per heavy atom. The Labute approximate surface area is 160 Å². The summed E-state index contributed by atoms with van der Waals surface area (Å²) in [5.74, 6) is 0.469. The van der Waals surface area contributed by atoms with Crippen LogP contribution in [0.3, 0.4) is 0 Å². The Morgan fingerprint density at radius 2 is 2.00 bits per heavy atom. The maximum absolute atomic E-state index is 12.3. The van der Waals surface area contributed by atoms with Crippen LogP contribution in [-0.2, 0) is 18.4 Å². The number of amides is 1. The smallest absolute Gasteiger partial charge is 0.329 e. The van der Waals surface area contributed by atoms with E-state index in [0.29, 0.717) is 16.9 Å². The number of aromatic amines is 1. The Hall–Kier alpha value is -2.88. The van der Waals surface area contributed by atoms with E-state index in [-0.39, 0.29) is 11.8 Å². The molecular weight excluding hydrogens is 362 g/mol. The normalized spacial score (nSPS) is 16.4. The summed E-state index contributed by atoms with van der Waals surface area (Å²) < 4.78 is 5.17. The van der Waals surface area contributed by atoms with Crippen LogP contribution < -0.4 is 17.0 Å². The van der Waals surface area contributed by atoms with Crippen LogP contribution in [0.15, 0.2) is 15.8 Å². The molecular formula is C18H25N7O3. The molecule has 0 saturated carbocycles. The summed E-state index contributed by atoms with van der Waals surface area (Å²) in [7, 11) is 1.60. The summed E-state index contributed by atoms with van der Waals surface area (Å²) in [5, 5.41) is 0. The molecule has 3 aromatic heterocycles. The van der Waals surface area contributed by atoms with Gasteiger partial charge in [-0.1, -0.05) is 0 Å². The molecule has 0 aromatic carbocycles. The standard InChI is InChI=1S/C18H25N7O3/c1-11-10-25-13-15(22(2)18(28)21-16(13)27)20-17(25)24(11)7-3-6-23-8-4-12(5-9-23)14(19)26/h10,12H,3-9H2,1-2H3,(H2,19,26)(H,21,27,28). The van der Waals surface area contributed by atoms with Gasteiger partial charge in [-0.05, 0) is 45.8 Å². The Kier molecular flexibility index (Phi) is 4.58. The van der Waals surface area contributed by atoms with Crippen LogP contribution in [0.25, 0.3) is 16.9 Å². The van der Waals surface area contributed by atoms with E-state index in [1.807, 2.05) is 13.1 Å². The molecule has 1 saturated heterocycles. The van der Waals surface area contributed by atoms with Crippen molar-refractivity contribution in [3.05, 3.63) is 32.7 Å².